The molecule has 0 aliphatic carbocycles. The predicted octanol–water partition coefficient (Wildman–Crippen LogP) is 6.52. The van der Waals surface area contributed by atoms with Gasteiger partial charge in [-0.2, -0.15) is 9.97 Å². The van der Waals surface area contributed by atoms with E-state index >= 15 is 4.39 Å². The highest BCUT2D eigenvalue weighted by Gasteiger charge is 2.45. The van der Waals surface area contributed by atoms with Gasteiger partial charge in [-0.1, -0.05) is 24.3 Å². The van der Waals surface area contributed by atoms with Gasteiger partial charge in [0.2, 0.25) is 0 Å². The topological polar surface area (TPSA) is 91.3 Å². The van der Waals surface area contributed by atoms with Crippen LogP contribution in [0.2, 0.25) is 0 Å². The lowest BCUT2D eigenvalue weighted by molar-refractivity contribution is 0.0122. The number of benzene rings is 3. The summed E-state index contributed by atoms with van der Waals surface area (Å²) >= 11 is 0. The molecule has 45 heavy (non-hydrogen) atoms. The molecule has 2 unspecified atom stereocenters. The fourth-order valence-electron chi connectivity index (χ4n) is 6.69. The number of carbonyl (C=O) groups is 1. The van der Waals surface area contributed by atoms with Crippen molar-refractivity contribution in [3.05, 3.63) is 53.8 Å². The summed E-state index contributed by atoms with van der Waals surface area (Å²) in [5, 5.41) is 12.8. The second kappa shape index (κ2) is 12.0. The first-order chi connectivity index (χ1) is 21.4. The Balaban J connectivity index is 1.44. The summed E-state index contributed by atoms with van der Waals surface area (Å²) in [7, 11) is 4.00. The molecular formula is C35H42FN5O4. The summed E-state index contributed by atoms with van der Waals surface area (Å²) in [4.78, 5) is 28.7. The highest BCUT2D eigenvalue weighted by molar-refractivity contribution is 6.02. The fraction of sp³-hybridized carbons (Fsp3) is 0.457. The molecule has 10 heteroatoms. The van der Waals surface area contributed by atoms with Gasteiger partial charge in [-0.05, 0) is 101 Å². The predicted molar refractivity (Wildman–Crippen MR) is 175 cm³/mol. The maximum atomic E-state index is 16.9. The van der Waals surface area contributed by atoms with Crippen LogP contribution in [0, 0.1) is 12.7 Å². The Morgan fingerprint density at radius 1 is 1.07 bits per heavy atom. The molecule has 238 valence electrons. The minimum atomic E-state index is -0.580. The second-order valence-corrected chi connectivity index (χ2v) is 13.5. The van der Waals surface area contributed by atoms with Crippen molar-refractivity contribution in [2.75, 3.05) is 45.2 Å². The zero-order valence-electron chi connectivity index (χ0n) is 26.9. The van der Waals surface area contributed by atoms with Crippen molar-refractivity contribution < 1.29 is 23.8 Å². The number of aromatic nitrogens is 2. The zero-order valence-corrected chi connectivity index (χ0v) is 26.9. The molecule has 1 aromatic heterocycles. The number of nitrogens with zero attached hydrogens (tertiary/aromatic N) is 5. The number of piperazine rings is 1. The molecule has 3 heterocycles. The Bertz CT molecular complexity index is 1740. The number of amides is 1. The molecule has 2 bridgehead atoms. The van der Waals surface area contributed by atoms with E-state index in [-0.39, 0.29) is 35.5 Å². The third kappa shape index (κ3) is 6.20. The van der Waals surface area contributed by atoms with Crippen LogP contribution in [0.25, 0.3) is 32.8 Å². The molecule has 1 N–H and O–H groups in total. The van der Waals surface area contributed by atoms with E-state index in [0.717, 1.165) is 36.6 Å². The lowest BCUT2D eigenvalue weighted by Crippen LogP contribution is -2.57. The number of rotatable bonds is 7. The minimum absolute atomic E-state index is 0.0445. The van der Waals surface area contributed by atoms with Crippen molar-refractivity contribution in [1.82, 2.24) is 19.8 Å². The number of phenols is 1. The number of hydrogen-bond donors (Lipinski definition) is 1. The van der Waals surface area contributed by atoms with Gasteiger partial charge >= 0.3 is 12.1 Å². The summed E-state index contributed by atoms with van der Waals surface area (Å²) in [6.07, 6.45) is 2.19. The molecule has 0 saturated carbocycles. The standard InChI is InChI=1S/C35H42FN5O4/c1-21-16-28-31(30(36)29(21)27-18-25(42)17-22-10-7-8-11-26(22)27)37-33(44-15-9-14-39(5)6)38-32(28)40-19-23-12-13-24(20-40)41(23)34(43)45-35(2,3)4/h7-8,10-11,16-18,23-24,42H,9,12-15,19-20H2,1-6H3. The Kier molecular flexibility index (Phi) is 8.20. The smallest absolute Gasteiger partial charge is 0.410 e. The number of fused-ring (bicyclic) bond motifs is 4. The molecule has 2 saturated heterocycles. The molecule has 0 radical (unpaired) electrons. The summed E-state index contributed by atoms with van der Waals surface area (Å²) in [6.45, 7) is 9.80. The van der Waals surface area contributed by atoms with Crippen molar-refractivity contribution in [3.63, 3.8) is 0 Å². The monoisotopic (exact) mass is 615 g/mol. The lowest BCUT2D eigenvalue weighted by atomic mass is 9.93. The summed E-state index contributed by atoms with van der Waals surface area (Å²) in [5.74, 6) is 0.171. The van der Waals surface area contributed by atoms with Gasteiger partial charge in [-0.3, -0.25) is 4.90 Å². The van der Waals surface area contributed by atoms with Crippen LogP contribution in [-0.2, 0) is 4.74 Å². The van der Waals surface area contributed by atoms with E-state index in [4.69, 9.17) is 14.5 Å². The molecule has 0 spiro atoms. The van der Waals surface area contributed by atoms with Crippen LogP contribution < -0.4 is 9.64 Å². The number of aryl methyl sites for hydroxylation is 1. The number of halogens is 1. The summed E-state index contributed by atoms with van der Waals surface area (Å²) < 4.78 is 28.6. The average Bonchev–Trinajstić information content (AvgIpc) is 3.23. The molecule has 2 aliphatic heterocycles. The molecule has 2 aliphatic rings. The maximum absolute atomic E-state index is 16.9. The molecule has 9 nitrogen and oxygen atoms in total. The number of aromatic hydroxyl groups is 1. The summed E-state index contributed by atoms with van der Waals surface area (Å²) in [6, 6.07) is 12.9. The van der Waals surface area contributed by atoms with E-state index in [0.29, 0.717) is 47.6 Å². The van der Waals surface area contributed by atoms with Crippen LogP contribution in [0.15, 0.2) is 42.5 Å². The van der Waals surface area contributed by atoms with E-state index in [1.165, 1.54) is 0 Å². The van der Waals surface area contributed by atoms with Gasteiger partial charge in [0, 0.05) is 30.6 Å². The number of anilines is 1. The van der Waals surface area contributed by atoms with Gasteiger partial charge in [0.05, 0.1) is 18.7 Å². The van der Waals surface area contributed by atoms with Crippen LogP contribution in [-0.4, -0.2) is 89.0 Å². The van der Waals surface area contributed by atoms with Gasteiger partial charge in [0.15, 0.2) is 5.82 Å². The summed E-state index contributed by atoms with van der Waals surface area (Å²) in [5.41, 5.74) is 1.27. The van der Waals surface area contributed by atoms with E-state index in [2.05, 4.69) is 14.8 Å². The van der Waals surface area contributed by atoms with E-state index in [9.17, 15) is 9.90 Å². The normalized spacial score (nSPS) is 18.3. The van der Waals surface area contributed by atoms with Gasteiger partial charge in [-0.25, -0.2) is 9.18 Å². The Labute approximate surface area is 263 Å². The first kappa shape index (κ1) is 30.8. The van der Waals surface area contributed by atoms with Crippen molar-refractivity contribution in [1.29, 1.82) is 0 Å². The Morgan fingerprint density at radius 2 is 1.78 bits per heavy atom. The van der Waals surface area contributed by atoms with Crippen LogP contribution in [0.3, 0.4) is 0 Å². The molecule has 3 aromatic carbocycles. The molecule has 1 amide bonds. The lowest BCUT2D eigenvalue weighted by Gasteiger charge is -2.42. The van der Waals surface area contributed by atoms with Crippen LogP contribution in [0.1, 0.15) is 45.6 Å². The largest absolute Gasteiger partial charge is 0.508 e. The number of ether oxygens (including phenoxy) is 2. The van der Waals surface area contributed by atoms with E-state index < -0.39 is 11.4 Å². The van der Waals surface area contributed by atoms with Crippen molar-refractivity contribution in [2.45, 2.75) is 64.6 Å². The molecule has 2 atom stereocenters. The average molecular weight is 616 g/mol. The van der Waals surface area contributed by atoms with Gasteiger partial charge in [0.1, 0.15) is 22.7 Å². The molecule has 2 fully saturated rings. The van der Waals surface area contributed by atoms with Gasteiger partial charge in [-0.15, -0.1) is 0 Å². The Hall–Kier alpha value is -4.18. The van der Waals surface area contributed by atoms with Crippen molar-refractivity contribution in [3.8, 4) is 22.9 Å². The SMILES string of the molecule is Cc1cc2c(N3CC4CCC(C3)N4C(=O)OC(C)(C)C)nc(OCCCN(C)C)nc2c(F)c1-c1cc(O)cc2ccccc12. The van der Waals surface area contributed by atoms with Crippen LogP contribution in [0.5, 0.6) is 11.8 Å². The third-order valence-corrected chi connectivity index (χ3v) is 8.57. The van der Waals surface area contributed by atoms with Crippen molar-refractivity contribution >= 4 is 33.6 Å². The highest BCUT2D eigenvalue weighted by Crippen LogP contribution is 2.42. The molecule has 4 aromatic rings. The van der Waals surface area contributed by atoms with Crippen molar-refractivity contribution in [2.24, 2.45) is 0 Å². The first-order valence-corrected chi connectivity index (χ1v) is 15.7. The Morgan fingerprint density at radius 3 is 2.47 bits per heavy atom. The number of hydrogen-bond acceptors (Lipinski definition) is 8. The van der Waals surface area contributed by atoms with Crippen LogP contribution >= 0.6 is 0 Å². The fourth-order valence-corrected chi connectivity index (χ4v) is 6.69. The second-order valence-electron chi connectivity index (χ2n) is 13.5. The van der Waals surface area contributed by atoms with E-state index in [1.54, 1.807) is 12.1 Å². The van der Waals surface area contributed by atoms with Gasteiger partial charge < -0.3 is 24.4 Å². The van der Waals surface area contributed by atoms with E-state index in [1.807, 2.05) is 77.0 Å². The van der Waals surface area contributed by atoms with Crippen LogP contribution in [0.4, 0.5) is 15.0 Å². The van der Waals surface area contributed by atoms with Gasteiger partial charge in [0.25, 0.3) is 0 Å². The maximum Gasteiger partial charge on any atom is 0.410 e. The number of phenolic OH excluding ortho intramolecular Hbond substituents is 1. The first-order valence-electron chi connectivity index (χ1n) is 15.7. The molecule has 6 rings (SSSR count). The molecular weight excluding hydrogens is 573 g/mol. The number of carbonyl (C=O) groups excluding carboxylic acids is 1. The third-order valence-electron chi connectivity index (χ3n) is 8.57. The minimum Gasteiger partial charge on any atom is -0.508 e. The quantitative estimate of drug-likeness (QED) is 0.235. The highest BCUT2D eigenvalue weighted by atomic mass is 19.1. The zero-order chi connectivity index (χ0) is 32.0.